The molecule has 1 aromatic heterocycles. The number of halogens is 2. The molecular formula is C31H26Cl2N4O2S. The molecule has 1 aliphatic rings. The number of nitrogens with one attached hydrogen (secondary N) is 1. The molecule has 6 nitrogen and oxygen atoms in total. The van der Waals surface area contributed by atoms with E-state index in [0.717, 1.165) is 33.3 Å². The Labute approximate surface area is 243 Å². The van der Waals surface area contributed by atoms with Gasteiger partial charge in [0, 0.05) is 40.5 Å². The Kier molecular flexibility index (Phi) is 7.47. The first kappa shape index (κ1) is 26.7. The maximum atomic E-state index is 13.1. The number of benzene rings is 4. The van der Waals surface area contributed by atoms with Crippen LogP contribution in [0.1, 0.15) is 29.0 Å². The van der Waals surface area contributed by atoms with Crippen molar-refractivity contribution in [1.82, 2.24) is 14.5 Å². The fraction of sp³-hybridized carbons (Fsp3) is 0.161. The van der Waals surface area contributed by atoms with Crippen LogP contribution in [0.15, 0.2) is 108 Å². The molecule has 0 amide bonds. The lowest BCUT2D eigenvalue weighted by Gasteiger charge is -2.21. The highest BCUT2D eigenvalue weighted by Crippen LogP contribution is 2.36. The van der Waals surface area contributed by atoms with E-state index in [1.807, 2.05) is 60.7 Å². The van der Waals surface area contributed by atoms with E-state index in [0.29, 0.717) is 34.5 Å². The molecule has 2 heterocycles. The maximum Gasteiger partial charge on any atom is 0.243 e. The summed E-state index contributed by atoms with van der Waals surface area (Å²) in [6.07, 6.45) is 2.40. The van der Waals surface area contributed by atoms with Crippen molar-refractivity contribution in [2.24, 2.45) is 0 Å². The van der Waals surface area contributed by atoms with Gasteiger partial charge in [0.15, 0.2) is 0 Å². The Balaban J connectivity index is 1.32. The second-order valence-corrected chi connectivity index (χ2v) is 12.7. The first-order chi connectivity index (χ1) is 19.4. The predicted octanol–water partition coefficient (Wildman–Crippen LogP) is 6.99. The fourth-order valence-corrected chi connectivity index (χ4v) is 7.06. The number of nitrogens with zero attached hydrogens (tertiary/aromatic N) is 3. The number of aromatic nitrogens is 2. The second-order valence-electron chi connectivity index (χ2n) is 9.88. The molecular weight excluding hydrogens is 563 g/mol. The Morgan fingerprint density at radius 3 is 2.10 bits per heavy atom. The molecule has 202 valence electrons. The smallest absolute Gasteiger partial charge is 0.243 e. The molecule has 0 spiro atoms. The molecule has 1 saturated heterocycles. The Hall–Kier alpha value is -3.49. The Morgan fingerprint density at radius 1 is 0.825 bits per heavy atom. The van der Waals surface area contributed by atoms with Crippen molar-refractivity contribution < 1.29 is 8.42 Å². The van der Waals surface area contributed by atoms with Crippen LogP contribution in [0.4, 0.5) is 5.69 Å². The largest absolute Gasteiger partial charge is 0.379 e. The van der Waals surface area contributed by atoms with E-state index in [2.05, 4.69) is 27.6 Å². The van der Waals surface area contributed by atoms with E-state index in [1.165, 1.54) is 0 Å². The van der Waals surface area contributed by atoms with Gasteiger partial charge in [-0.3, -0.25) is 0 Å². The number of fused-ring (bicyclic) bond motifs is 1. The van der Waals surface area contributed by atoms with Crippen LogP contribution in [-0.2, 0) is 10.0 Å². The van der Waals surface area contributed by atoms with Crippen molar-refractivity contribution in [2.75, 3.05) is 18.4 Å². The lowest BCUT2D eigenvalue weighted by molar-refractivity contribution is 0.474. The molecule has 40 heavy (non-hydrogen) atoms. The summed E-state index contributed by atoms with van der Waals surface area (Å²) >= 11 is 12.4. The highest BCUT2D eigenvalue weighted by atomic mass is 35.5. The minimum atomic E-state index is -3.55. The summed E-state index contributed by atoms with van der Waals surface area (Å²) in [4.78, 5) is 0.312. The first-order valence-electron chi connectivity index (χ1n) is 13.0. The van der Waals surface area contributed by atoms with E-state index in [1.54, 1.807) is 34.8 Å². The van der Waals surface area contributed by atoms with Crippen LogP contribution in [-0.4, -0.2) is 42.1 Å². The van der Waals surface area contributed by atoms with Gasteiger partial charge in [-0.25, -0.2) is 8.42 Å². The molecule has 0 saturated carbocycles. The van der Waals surface area contributed by atoms with Crippen molar-refractivity contribution >= 4 is 49.8 Å². The maximum absolute atomic E-state index is 13.1. The number of sulfonamides is 1. The quantitative estimate of drug-likeness (QED) is 0.207. The number of hydrogen-bond acceptors (Lipinski definition) is 5. The van der Waals surface area contributed by atoms with Gasteiger partial charge in [0.2, 0.25) is 10.0 Å². The summed E-state index contributed by atoms with van der Waals surface area (Å²) in [5, 5.41) is 14.4. The Bertz CT molecular complexity index is 1700. The highest BCUT2D eigenvalue weighted by molar-refractivity contribution is 7.89. The fourth-order valence-electron chi connectivity index (χ4n) is 5.28. The van der Waals surface area contributed by atoms with Gasteiger partial charge in [-0.15, -0.1) is 0 Å². The third-order valence-electron chi connectivity index (χ3n) is 7.29. The molecule has 1 fully saturated rings. The summed E-state index contributed by atoms with van der Waals surface area (Å²) in [5.74, 6) is -0.0575. The zero-order valence-electron chi connectivity index (χ0n) is 21.4. The molecule has 1 aliphatic heterocycles. The van der Waals surface area contributed by atoms with Crippen LogP contribution in [0.3, 0.4) is 0 Å². The van der Waals surface area contributed by atoms with Crippen molar-refractivity contribution in [3.8, 4) is 0 Å². The number of rotatable bonds is 7. The van der Waals surface area contributed by atoms with Gasteiger partial charge >= 0.3 is 0 Å². The van der Waals surface area contributed by atoms with Crippen molar-refractivity contribution in [3.05, 3.63) is 130 Å². The molecule has 5 aromatic rings. The van der Waals surface area contributed by atoms with Crippen molar-refractivity contribution in [3.63, 3.8) is 0 Å². The topological polar surface area (TPSA) is 75.2 Å². The third-order valence-corrected chi connectivity index (χ3v) is 9.68. The molecule has 1 unspecified atom stereocenters. The van der Waals surface area contributed by atoms with Crippen LogP contribution in [0.25, 0.3) is 10.9 Å². The summed E-state index contributed by atoms with van der Waals surface area (Å²) in [5.41, 5.74) is 4.85. The summed E-state index contributed by atoms with van der Waals surface area (Å²) in [6.45, 7) is 0.824. The van der Waals surface area contributed by atoms with Gasteiger partial charge in [-0.1, -0.05) is 71.7 Å². The molecule has 1 N–H and O–H groups in total. The third kappa shape index (κ3) is 5.43. The second kappa shape index (κ2) is 11.2. The van der Waals surface area contributed by atoms with Gasteiger partial charge in [-0.2, -0.15) is 14.5 Å². The van der Waals surface area contributed by atoms with Gasteiger partial charge in [-0.05, 0) is 71.6 Å². The van der Waals surface area contributed by atoms with Crippen LogP contribution >= 0.6 is 23.2 Å². The van der Waals surface area contributed by atoms with Gasteiger partial charge < -0.3 is 5.32 Å². The highest BCUT2D eigenvalue weighted by Gasteiger charge is 2.32. The number of anilines is 1. The zero-order valence-corrected chi connectivity index (χ0v) is 23.7. The molecule has 0 bridgehead atoms. The molecule has 0 radical (unpaired) electrons. The minimum Gasteiger partial charge on any atom is -0.379 e. The van der Waals surface area contributed by atoms with Crippen LogP contribution in [0.5, 0.6) is 0 Å². The summed E-state index contributed by atoms with van der Waals surface area (Å²) in [7, 11) is -3.55. The van der Waals surface area contributed by atoms with E-state index in [-0.39, 0.29) is 12.0 Å². The molecule has 1 atom stereocenters. The van der Waals surface area contributed by atoms with E-state index in [9.17, 15) is 8.42 Å². The SMILES string of the molecule is O=S(=O)(c1ccccc1)N1CCC(Nc2cnnc3ccc(C(c4ccc(Cl)cc4)c4ccc(Cl)cc4)cc23)C1. The number of hydrogen-bond donors (Lipinski definition) is 1. The van der Waals surface area contributed by atoms with E-state index < -0.39 is 10.0 Å². The monoisotopic (exact) mass is 588 g/mol. The average molecular weight is 590 g/mol. The molecule has 4 aromatic carbocycles. The van der Waals surface area contributed by atoms with Crippen molar-refractivity contribution in [2.45, 2.75) is 23.3 Å². The van der Waals surface area contributed by atoms with Crippen LogP contribution in [0.2, 0.25) is 10.0 Å². The first-order valence-corrected chi connectivity index (χ1v) is 15.2. The molecule has 9 heteroatoms. The average Bonchev–Trinajstić information content (AvgIpc) is 3.45. The van der Waals surface area contributed by atoms with E-state index in [4.69, 9.17) is 23.2 Å². The van der Waals surface area contributed by atoms with Gasteiger partial charge in [0.1, 0.15) is 0 Å². The van der Waals surface area contributed by atoms with Gasteiger partial charge in [0.05, 0.1) is 22.3 Å². The van der Waals surface area contributed by atoms with E-state index >= 15 is 0 Å². The van der Waals surface area contributed by atoms with Crippen LogP contribution in [0, 0.1) is 0 Å². The zero-order chi connectivity index (χ0) is 27.7. The predicted molar refractivity (Wildman–Crippen MR) is 161 cm³/mol. The lowest BCUT2D eigenvalue weighted by atomic mass is 9.84. The summed E-state index contributed by atoms with van der Waals surface area (Å²) < 4.78 is 27.8. The molecule has 0 aliphatic carbocycles. The normalized spacial score (nSPS) is 16.0. The minimum absolute atomic E-state index is 0.0575. The molecule has 6 rings (SSSR count). The van der Waals surface area contributed by atoms with Gasteiger partial charge in [0.25, 0.3) is 0 Å². The van der Waals surface area contributed by atoms with Crippen LogP contribution < -0.4 is 5.32 Å². The standard InChI is InChI=1S/C31H26Cl2N4O2S/c32-24-11-6-21(7-12-24)31(22-8-13-25(33)14-9-22)23-10-15-29-28(18-23)30(19-34-36-29)35-26-16-17-37(20-26)40(38,39)27-4-2-1-3-5-27/h1-15,18-19,26,31H,16-17,20H2,(H,35,36). The van der Waals surface area contributed by atoms with Crippen molar-refractivity contribution in [1.29, 1.82) is 0 Å². The Morgan fingerprint density at radius 2 is 1.45 bits per heavy atom. The lowest BCUT2D eigenvalue weighted by Crippen LogP contribution is -2.31. The summed E-state index contributed by atoms with van der Waals surface area (Å²) in [6, 6.07) is 30.4.